The zero-order chi connectivity index (χ0) is 19.5. The van der Waals surface area contributed by atoms with Gasteiger partial charge in [0, 0.05) is 13.1 Å². The van der Waals surface area contributed by atoms with Crippen molar-refractivity contribution in [3.05, 3.63) is 76.1 Å². The summed E-state index contributed by atoms with van der Waals surface area (Å²) < 4.78 is 11.0. The Morgan fingerprint density at radius 1 is 1.04 bits per heavy atom. The zero-order valence-corrected chi connectivity index (χ0v) is 15.2. The number of ether oxygens (including phenoxy) is 2. The standard InChI is InChI=1S/C20H18N4O4/c1-27-16-8-4-5-9-17(16)28-20-18(24(25)26)19(21-13-22-20)23-11-10-14-6-2-3-7-15(14)12-23/h2-9,13H,10-12H2,1H3. The number of fused-ring (bicyclic) bond motifs is 1. The number of aromatic nitrogens is 2. The number of nitrogens with zero attached hydrogens (tertiary/aromatic N) is 4. The molecule has 142 valence electrons. The first-order chi connectivity index (χ1) is 13.7. The van der Waals surface area contributed by atoms with Crippen LogP contribution in [-0.2, 0) is 13.0 Å². The summed E-state index contributed by atoms with van der Waals surface area (Å²) in [5.41, 5.74) is 2.13. The summed E-state index contributed by atoms with van der Waals surface area (Å²) in [6, 6.07) is 15.0. The molecule has 0 saturated carbocycles. The molecule has 0 amide bonds. The fourth-order valence-corrected chi connectivity index (χ4v) is 3.30. The highest BCUT2D eigenvalue weighted by Crippen LogP contribution is 2.39. The van der Waals surface area contributed by atoms with Crippen LogP contribution in [-0.4, -0.2) is 28.5 Å². The van der Waals surface area contributed by atoms with Crippen LogP contribution in [0.3, 0.4) is 0 Å². The largest absolute Gasteiger partial charge is 0.493 e. The molecule has 0 saturated heterocycles. The molecule has 1 aromatic heterocycles. The number of methoxy groups -OCH3 is 1. The van der Waals surface area contributed by atoms with E-state index in [0.717, 1.165) is 12.0 Å². The second-order valence-electron chi connectivity index (χ2n) is 6.30. The van der Waals surface area contributed by atoms with Crippen LogP contribution < -0.4 is 14.4 Å². The molecule has 0 spiro atoms. The van der Waals surface area contributed by atoms with Crippen LogP contribution in [0.4, 0.5) is 11.5 Å². The van der Waals surface area contributed by atoms with E-state index in [2.05, 4.69) is 16.0 Å². The van der Waals surface area contributed by atoms with E-state index in [4.69, 9.17) is 9.47 Å². The second-order valence-corrected chi connectivity index (χ2v) is 6.30. The molecule has 4 rings (SSSR count). The highest BCUT2D eigenvalue weighted by atomic mass is 16.6. The van der Waals surface area contributed by atoms with E-state index in [-0.39, 0.29) is 17.4 Å². The normalized spacial score (nSPS) is 13.0. The zero-order valence-electron chi connectivity index (χ0n) is 15.2. The number of hydrogen-bond donors (Lipinski definition) is 0. The van der Waals surface area contributed by atoms with E-state index >= 15 is 0 Å². The van der Waals surface area contributed by atoms with Crippen molar-refractivity contribution in [1.82, 2.24) is 9.97 Å². The van der Waals surface area contributed by atoms with Gasteiger partial charge in [-0.2, -0.15) is 4.98 Å². The second kappa shape index (κ2) is 7.51. The molecular weight excluding hydrogens is 360 g/mol. The third-order valence-electron chi connectivity index (χ3n) is 4.66. The molecule has 0 unspecified atom stereocenters. The average Bonchev–Trinajstić information content (AvgIpc) is 2.73. The minimum absolute atomic E-state index is 0.113. The molecule has 2 aromatic carbocycles. The van der Waals surface area contributed by atoms with E-state index in [0.29, 0.717) is 24.6 Å². The van der Waals surface area contributed by atoms with Crippen molar-refractivity contribution in [2.24, 2.45) is 0 Å². The van der Waals surface area contributed by atoms with Crippen LogP contribution in [0.1, 0.15) is 11.1 Å². The summed E-state index contributed by atoms with van der Waals surface area (Å²) in [7, 11) is 1.51. The Morgan fingerprint density at radius 2 is 1.75 bits per heavy atom. The van der Waals surface area contributed by atoms with Gasteiger partial charge in [-0.3, -0.25) is 10.1 Å². The molecule has 3 aromatic rings. The maximum absolute atomic E-state index is 11.9. The van der Waals surface area contributed by atoms with E-state index in [1.54, 1.807) is 24.3 Å². The molecule has 0 atom stereocenters. The molecule has 1 aliphatic heterocycles. The maximum atomic E-state index is 11.9. The number of rotatable bonds is 5. The van der Waals surface area contributed by atoms with E-state index < -0.39 is 4.92 Å². The fraction of sp³-hybridized carbons (Fsp3) is 0.200. The van der Waals surface area contributed by atoms with Crippen molar-refractivity contribution in [3.63, 3.8) is 0 Å². The first kappa shape index (κ1) is 17.7. The third kappa shape index (κ3) is 3.32. The van der Waals surface area contributed by atoms with Gasteiger partial charge in [0.1, 0.15) is 6.33 Å². The van der Waals surface area contributed by atoms with Gasteiger partial charge in [-0.25, -0.2) is 4.98 Å². The lowest BCUT2D eigenvalue weighted by Gasteiger charge is -2.29. The molecule has 1 aliphatic rings. The maximum Gasteiger partial charge on any atom is 0.373 e. The SMILES string of the molecule is COc1ccccc1Oc1ncnc(N2CCc3ccccc3C2)c1[N+](=O)[O-]. The molecule has 28 heavy (non-hydrogen) atoms. The molecule has 0 fully saturated rings. The van der Waals surface area contributed by atoms with E-state index in [1.165, 1.54) is 19.0 Å². The smallest absolute Gasteiger partial charge is 0.373 e. The lowest BCUT2D eigenvalue weighted by Crippen LogP contribution is -2.31. The van der Waals surface area contributed by atoms with Gasteiger partial charge in [-0.15, -0.1) is 0 Å². The predicted molar refractivity (Wildman–Crippen MR) is 103 cm³/mol. The Hall–Kier alpha value is -3.68. The Kier molecular flexibility index (Phi) is 4.76. The van der Waals surface area contributed by atoms with Gasteiger partial charge in [-0.1, -0.05) is 36.4 Å². The minimum atomic E-state index is -0.499. The molecule has 0 bridgehead atoms. The van der Waals surface area contributed by atoms with Crippen LogP contribution >= 0.6 is 0 Å². The summed E-state index contributed by atoms with van der Waals surface area (Å²) >= 11 is 0. The molecule has 8 heteroatoms. The molecule has 2 heterocycles. The molecule has 0 aliphatic carbocycles. The third-order valence-corrected chi connectivity index (χ3v) is 4.66. The number of nitro groups is 1. The molecule has 0 N–H and O–H groups in total. The van der Waals surface area contributed by atoms with Gasteiger partial charge in [-0.05, 0) is 29.7 Å². The predicted octanol–water partition coefficient (Wildman–Crippen LogP) is 3.75. The number of para-hydroxylation sites is 2. The first-order valence-electron chi connectivity index (χ1n) is 8.79. The van der Waals surface area contributed by atoms with Gasteiger partial charge in [0.25, 0.3) is 0 Å². The van der Waals surface area contributed by atoms with Gasteiger partial charge >= 0.3 is 11.6 Å². The lowest BCUT2D eigenvalue weighted by molar-refractivity contribution is -0.385. The van der Waals surface area contributed by atoms with Gasteiger partial charge in [0.15, 0.2) is 11.5 Å². The minimum Gasteiger partial charge on any atom is -0.493 e. The molecular formula is C20H18N4O4. The Labute approximate surface area is 161 Å². The molecule has 8 nitrogen and oxygen atoms in total. The monoisotopic (exact) mass is 378 g/mol. The van der Waals surface area contributed by atoms with Crippen molar-refractivity contribution in [2.75, 3.05) is 18.6 Å². The topological polar surface area (TPSA) is 90.6 Å². The average molecular weight is 378 g/mol. The Bertz CT molecular complexity index is 1020. The van der Waals surface area contributed by atoms with Crippen molar-refractivity contribution in [1.29, 1.82) is 0 Å². The number of anilines is 1. The fourth-order valence-electron chi connectivity index (χ4n) is 3.30. The lowest BCUT2D eigenvalue weighted by atomic mass is 10.00. The Morgan fingerprint density at radius 3 is 2.50 bits per heavy atom. The van der Waals surface area contributed by atoms with Crippen LogP contribution in [0.2, 0.25) is 0 Å². The summed E-state index contributed by atoms with van der Waals surface area (Å²) in [6.45, 7) is 1.17. The Balaban J connectivity index is 1.72. The highest BCUT2D eigenvalue weighted by molar-refractivity contribution is 5.64. The first-order valence-corrected chi connectivity index (χ1v) is 8.79. The summed E-state index contributed by atoms with van der Waals surface area (Å²) in [4.78, 5) is 21.5. The van der Waals surface area contributed by atoms with Crippen molar-refractivity contribution in [3.8, 4) is 17.4 Å². The molecule has 0 radical (unpaired) electrons. The van der Waals surface area contributed by atoms with Gasteiger partial charge < -0.3 is 14.4 Å². The quantitative estimate of drug-likeness (QED) is 0.493. The van der Waals surface area contributed by atoms with E-state index in [9.17, 15) is 10.1 Å². The number of hydrogen-bond acceptors (Lipinski definition) is 7. The van der Waals surface area contributed by atoms with E-state index in [1.807, 2.05) is 23.1 Å². The van der Waals surface area contributed by atoms with Crippen LogP contribution in [0.5, 0.6) is 17.4 Å². The van der Waals surface area contributed by atoms with Gasteiger partial charge in [0.2, 0.25) is 5.82 Å². The number of benzene rings is 2. The van der Waals surface area contributed by atoms with Crippen molar-refractivity contribution < 1.29 is 14.4 Å². The van der Waals surface area contributed by atoms with Crippen molar-refractivity contribution in [2.45, 2.75) is 13.0 Å². The highest BCUT2D eigenvalue weighted by Gasteiger charge is 2.30. The summed E-state index contributed by atoms with van der Waals surface area (Å²) in [5, 5.41) is 11.9. The van der Waals surface area contributed by atoms with Crippen LogP contribution in [0, 0.1) is 10.1 Å². The van der Waals surface area contributed by atoms with Crippen LogP contribution in [0.15, 0.2) is 54.9 Å². The van der Waals surface area contributed by atoms with Crippen molar-refractivity contribution >= 4 is 11.5 Å². The summed E-state index contributed by atoms with van der Waals surface area (Å²) in [6.07, 6.45) is 2.08. The summed E-state index contributed by atoms with van der Waals surface area (Å²) in [5.74, 6) is 0.948. The van der Waals surface area contributed by atoms with Crippen LogP contribution in [0.25, 0.3) is 0 Å². The van der Waals surface area contributed by atoms with Gasteiger partial charge in [0.05, 0.1) is 12.0 Å².